The Kier molecular flexibility index (Phi) is 6.89. The highest BCUT2D eigenvalue weighted by Gasteiger charge is 2.28. The van der Waals surface area contributed by atoms with Crippen molar-refractivity contribution in [2.45, 2.75) is 46.2 Å². The van der Waals surface area contributed by atoms with Crippen LogP contribution in [0.4, 0.5) is 4.39 Å². The minimum absolute atomic E-state index is 0.0581. The van der Waals surface area contributed by atoms with Crippen LogP contribution in [0, 0.1) is 11.7 Å². The van der Waals surface area contributed by atoms with Crippen molar-refractivity contribution >= 4 is 26.8 Å². The highest BCUT2D eigenvalue weighted by molar-refractivity contribution is 9.10. The molecule has 5 nitrogen and oxygen atoms in total. The largest absolute Gasteiger partial charge is 0.305 e. The van der Waals surface area contributed by atoms with E-state index in [4.69, 9.17) is 4.98 Å². The van der Waals surface area contributed by atoms with Crippen LogP contribution in [-0.2, 0) is 6.54 Å². The highest BCUT2D eigenvalue weighted by Crippen LogP contribution is 2.28. The average molecular weight is 453 g/mol. The molecule has 0 aliphatic carbocycles. The van der Waals surface area contributed by atoms with Crippen LogP contribution in [0.1, 0.15) is 45.5 Å². The molecule has 1 aliphatic rings. The zero-order chi connectivity index (χ0) is 20.4. The molecule has 0 bridgehead atoms. The van der Waals surface area contributed by atoms with Crippen LogP contribution >= 0.6 is 15.9 Å². The molecule has 1 saturated heterocycles. The lowest BCUT2D eigenvalue weighted by Gasteiger charge is -2.32. The minimum Gasteiger partial charge on any atom is -0.305 e. The van der Waals surface area contributed by atoms with Crippen LogP contribution < -0.4 is 5.56 Å². The van der Waals surface area contributed by atoms with Gasteiger partial charge in [-0.05, 0) is 48.3 Å². The van der Waals surface area contributed by atoms with Gasteiger partial charge in [0.05, 0.1) is 21.4 Å². The van der Waals surface area contributed by atoms with E-state index in [0.29, 0.717) is 27.8 Å². The van der Waals surface area contributed by atoms with E-state index in [9.17, 15) is 9.18 Å². The Labute approximate surface area is 174 Å². The number of halogens is 2. The van der Waals surface area contributed by atoms with Gasteiger partial charge in [-0.15, -0.1) is 0 Å². The monoisotopic (exact) mass is 452 g/mol. The lowest BCUT2D eigenvalue weighted by atomic mass is 10.1. The van der Waals surface area contributed by atoms with Crippen molar-refractivity contribution in [3.8, 4) is 0 Å². The van der Waals surface area contributed by atoms with Gasteiger partial charge in [-0.3, -0.25) is 14.3 Å². The van der Waals surface area contributed by atoms with Crippen LogP contribution in [0.2, 0.25) is 0 Å². The quantitative estimate of drug-likeness (QED) is 0.686. The number of fused-ring (bicyclic) bond motifs is 1. The van der Waals surface area contributed by atoms with Gasteiger partial charge in [0.15, 0.2) is 0 Å². The third-order valence-electron chi connectivity index (χ3n) is 5.58. The molecule has 0 radical (unpaired) electrons. The molecule has 0 N–H and O–H groups in total. The van der Waals surface area contributed by atoms with Gasteiger partial charge in [-0.25, -0.2) is 9.37 Å². The molecule has 3 rings (SSSR count). The van der Waals surface area contributed by atoms with E-state index in [0.717, 1.165) is 44.8 Å². The highest BCUT2D eigenvalue weighted by atomic mass is 79.9. The van der Waals surface area contributed by atoms with Gasteiger partial charge < -0.3 is 4.90 Å². The van der Waals surface area contributed by atoms with Gasteiger partial charge in [0.2, 0.25) is 0 Å². The molecule has 0 amide bonds. The molecule has 154 valence electrons. The topological polar surface area (TPSA) is 41.4 Å². The first-order valence-corrected chi connectivity index (χ1v) is 11.0. The van der Waals surface area contributed by atoms with Gasteiger partial charge in [0.25, 0.3) is 5.56 Å². The zero-order valence-electron chi connectivity index (χ0n) is 17.2. The minimum atomic E-state index is -0.392. The first kappa shape index (κ1) is 21.4. The summed E-state index contributed by atoms with van der Waals surface area (Å²) in [6.45, 7) is 10.9. The van der Waals surface area contributed by atoms with Crippen molar-refractivity contribution in [3.63, 3.8) is 0 Å². The van der Waals surface area contributed by atoms with Gasteiger partial charge in [0, 0.05) is 38.8 Å². The van der Waals surface area contributed by atoms with E-state index in [1.54, 1.807) is 10.6 Å². The summed E-state index contributed by atoms with van der Waals surface area (Å²) in [7, 11) is 2.16. The fourth-order valence-corrected chi connectivity index (χ4v) is 4.64. The van der Waals surface area contributed by atoms with E-state index in [-0.39, 0.29) is 11.6 Å². The second-order valence-corrected chi connectivity index (χ2v) is 8.82. The maximum Gasteiger partial charge on any atom is 0.261 e. The lowest BCUT2D eigenvalue weighted by Crippen LogP contribution is -2.38. The molecule has 2 aromatic rings. The third kappa shape index (κ3) is 4.31. The molecule has 7 heteroatoms. The Hall–Kier alpha value is -1.31. The molecule has 2 heterocycles. The number of benzene rings is 1. The summed E-state index contributed by atoms with van der Waals surface area (Å²) in [6.07, 6.45) is 1.92. The Morgan fingerprint density at radius 2 is 2.04 bits per heavy atom. The summed E-state index contributed by atoms with van der Waals surface area (Å²) in [6, 6.07) is 2.97. The Bertz CT molecular complexity index is 900. The number of hydrogen-bond acceptors (Lipinski definition) is 4. The zero-order valence-corrected chi connectivity index (χ0v) is 18.8. The normalized spacial score (nSPS) is 20.4. The molecule has 0 spiro atoms. The maximum atomic E-state index is 14.1. The number of nitrogens with zero attached hydrogens (tertiary/aromatic N) is 4. The predicted molar refractivity (Wildman–Crippen MR) is 115 cm³/mol. The molecular weight excluding hydrogens is 423 g/mol. The van der Waals surface area contributed by atoms with E-state index in [1.807, 2.05) is 6.92 Å². The van der Waals surface area contributed by atoms with Gasteiger partial charge >= 0.3 is 0 Å². The summed E-state index contributed by atoms with van der Waals surface area (Å²) in [5, 5.41) is 0.457. The third-order valence-corrected chi connectivity index (χ3v) is 6.19. The van der Waals surface area contributed by atoms with E-state index in [2.05, 4.69) is 46.6 Å². The summed E-state index contributed by atoms with van der Waals surface area (Å²) in [5.74, 6) is 0.916. The van der Waals surface area contributed by atoms with Crippen LogP contribution in [-0.4, -0.2) is 52.6 Å². The van der Waals surface area contributed by atoms with Gasteiger partial charge in [-0.2, -0.15) is 0 Å². The molecule has 1 aromatic carbocycles. The van der Waals surface area contributed by atoms with Crippen LogP contribution in [0.5, 0.6) is 0 Å². The fourth-order valence-electron chi connectivity index (χ4n) is 4.30. The second-order valence-electron chi connectivity index (χ2n) is 7.97. The molecule has 0 unspecified atom stereocenters. The van der Waals surface area contributed by atoms with Crippen LogP contribution in [0.3, 0.4) is 0 Å². The Balaban J connectivity index is 2.14. The summed E-state index contributed by atoms with van der Waals surface area (Å²) in [5.41, 5.74) is 0.343. The van der Waals surface area contributed by atoms with Crippen LogP contribution in [0.25, 0.3) is 10.9 Å². The molecular formula is C21H30BrFN4O. The van der Waals surface area contributed by atoms with E-state index in [1.165, 1.54) is 6.07 Å². The molecule has 0 saturated carbocycles. The number of likely N-dealkylation sites (N-methyl/N-ethyl adjacent to an activating group) is 1. The Morgan fingerprint density at radius 1 is 1.29 bits per heavy atom. The van der Waals surface area contributed by atoms with Crippen molar-refractivity contribution in [1.29, 1.82) is 0 Å². The van der Waals surface area contributed by atoms with E-state index >= 15 is 0 Å². The molecule has 2 atom stereocenters. The Morgan fingerprint density at radius 3 is 2.71 bits per heavy atom. The summed E-state index contributed by atoms with van der Waals surface area (Å²) in [4.78, 5) is 22.8. The molecule has 1 fully saturated rings. The van der Waals surface area contributed by atoms with Crippen molar-refractivity contribution in [3.05, 3.63) is 38.6 Å². The predicted octanol–water partition coefficient (Wildman–Crippen LogP) is 4.04. The average Bonchev–Trinajstić information content (AvgIpc) is 2.81. The second kappa shape index (κ2) is 9.01. The lowest BCUT2D eigenvalue weighted by molar-refractivity contribution is 0.167. The number of hydrogen-bond donors (Lipinski definition) is 0. The van der Waals surface area contributed by atoms with Crippen molar-refractivity contribution in [1.82, 2.24) is 19.4 Å². The SMILES string of the molecule is CCC[C@H](c1nc2cc(F)c(Br)cc2c(=O)n1CC)N1CCN(C)C[C@@H](C)C1. The van der Waals surface area contributed by atoms with Crippen molar-refractivity contribution in [2.75, 3.05) is 33.2 Å². The van der Waals surface area contributed by atoms with Gasteiger partial charge in [0.1, 0.15) is 11.6 Å². The summed E-state index contributed by atoms with van der Waals surface area (Å²) < 4.78 is 16.2. The van der Waals surface area contributed by atoms with Crippen molar-refractivity contribution in [2.24, 2.45) is 5.92 Å². The van der Waals surface area contributed by atoms with Crippen LogP contribution in [0.15, 0.2) is 21.4 Å². The number of aromatic nitrogens is 2. The molecule has 28 heavy (non-hydrogen) atoms. The smallest absolute Gasteiger partial charge is 0.261 e. The first-order valence-electron chi connectivity index (χ1n) is 10.2. The molecule has 1 aliphatic heterocycles. The maximum absolute atomic E-state index is 14.1. The number of rotatable bonds is 5. The summed E-state index contributed by atoms with van der Waals surface area (Å²) >= 11 is 3.19. The van der Waals surface area contributed by atoms with Gasteiger partial charge in [-0.1, -0.05) is 20.3 Å². The standard InChI is InChI=1S/C21H30BrFN4O/c1-5-7-19(26-9-8-25(4)12-14(3)13-26)20-24-18-11-17(23)16(22)10-15(18)21(28)27(20)6-2/h10-11,14,19H,5-9,12-13H2,1-4H3/t14-,19-/m1/s1. The first-order chi connectivity index (χ1) is 13.3. The molecule has 1 aromatic heterocycles. The van der Waals surface area contributed by atoms with E-state index < -0.39 is 5.82 Å². The van der Waals surface area contributed by atoms with Crippen molar-refractivity contribution < 1.29 is 4.39 Å². The fraction of sp³-hybridized carbons (Fsp3) is 0.619.